The van der Waals surface area contributed by atoms with Crippen LogP contribution in [0.5, 0.6) is 0 Å². The molecule has 6 aromatic rings. The van der Waals surface area contributed by atoms with Gasteiger partial charge in [0, 0.05) is 74.2 Å². The average Bonchev–Trinajstić information content (AvgIpc) is 3.49. The van der Waals surface area contributed by atoms with Gasteiger partial charge in [-0.1, -0.05) is 83.9 Å². The van der Waals surface area contributed by atoms with E-state index in [0.29, 0.717) is 33.7 Å². The molecule has 2 aromatic heterocycles. The molecular weight excluding hydrogens is 694 g/mol. The zero-order valence-electron chi connectivity index (χ0n) is 21.4. The van der Waals surface area contributed by atoms with Crippen LogP contribution in [-0.4, -0.2) is 16.8 Å². The van der Waals surface area contributed by atoms with Crippen LogP contribution >= 0.6 is 67.2 Å². The highest BCUT2D eigenvalue weighted by Crippen LogP contribution is 2.39. The fourth-order valence-electron chi connectivity index (χ4n) is 4.49. The molecule has 42 heavy (non-hydrogen) atoms. The first-order valence-electron chi connectivity index (χ1n) is 12.3. The van der Waals surface area contributed by atoms with Crippen LogP contribution in [0.2, 0.25) is 10.0 Å². The van der Waals surface area contributed by atoms with E-state index in [0.717, 1.165) is 30.3 Å². The third-order valence-corrected chi connectivity index (χ3v) is 12.2. The van der Waals surface area contributed by atoms with Gasteiger partial charge >= 0.3 is 0 Å². The fourth-order valence-corrected chi connectivity index (χ4v) is 10.9. The monoisotopic (exact) mass is 712 g/mol. The van der Waals surface area contributed by atoms with E-state index in [1.807, 2.05) is 60.7 Å². The van der Waals surface area contributed by atoms with Gasteiger partial charge in [0.15, 0.2) is 0 Å². The summed E-state index contributed by atoms with van der Waals surface area (Å²) in [5.41, 5.74) is 1.99. The number of benzene rings is 4. The third kappa shape index (κ3) is 7.31. The molecule has 0 saturated heterocycles. The van der Waals surface area contributed by atoms with Gasteiger partial charge in [0.25, 0.3) is 18.1 Å². The maximum atomic E-state index is 11.9. The number of hydrogen-bond acceptors (Lipinski definition) is 6. The summed E-state index contributed by atoms with van der Waals surface area (Å²) in [5, 5.41) is 2.67. The van der Waals surface area contributed by atoms with Gasteiger partial charge in [0.2, 0.25) is 0 Å². The van der Waals surface area contributed by atoms with E-state index >= 15 is 0 Å². The molecule has 0 radical (unpaired) electrons. The van der Waals surface area contributed by atoms with Gasteiger partial charge in [-0.15, -0.1) is 22.7 Å². The Balaban J connectivity index is 0.000000168. The lowest BCUT2D eigenvalue weighted by Crippen LogP contribution is -1.95. The van der Waals surface area contributed by atoms with E-state index in [1.54, 1.807) is 36.4 Å². The molecule has 0 fully saturated rings. The molecule has 0 amide bonds. The maximum absolute atomic E-state index is 11.9. The highest BCUT2D eigenvalue weighted by Gasteiger charge is 2.23. The Labute approximate surface area is 270 Å². The van der Waals surface area contributed by atoms with Crippen LogP contribution in [-0.2, 0) is 30.9 Å². The predicted octanol–water partition coefficient (Wildman–Crippen LogP) is 10.1. The van der Waals surface area contributed by atoms with E-state index in [9.17, 15) is 16.8 Å². The lowest BCUT2D eigenvalue weighted by Gasteiger charge is -2.02. The smallest absolute Gasteiger partial charge is 0.207 e. The number of rotatable bonds is 6. The van der Waals surface area contributed by atoms with Crippen LogP contribution in [0.4, 0.5) is 0 Å². The van der Waals surface area contributed by atoms with Crippen molar-refractivity contribution < 1.29 is 16.8 Å². The Morgan fingerprint density at radius 2 is 0.833 bits per heavy atom. The van der Waals surface area contributed by atoms with Crippen LogP contribution in [0.3, 0.4) is 0 Å². The zero-order valence-corrected chi connectivity index (χ0v) is 27.7. The van der Waals surface area contributed by atoms with Crippen molar-refractivity contribution in [2.45, 2.75) is 22.6 Å². The molecule has 0 spiro atoms. The summed E-state index contributed by atoms with van der Waals surface area (Å²) in [6.45, 7) is 0. The van der Waals surface area contributed by atoms with Crippen molar-refractivity contribution in [3.05, 3.63) is 128 Å². The van der Waals surface area contributed by atoms with Crippen LogP contribution in [0.1, 0.15) is 20.9 Å². The summed E-state index contributed by atoms with van der Waals surface area (Å²) in [6, 6.07) is 29.5. The van der Waals surface area contributed by atoms with E-state index in [4.69, 9.17) is 44.6 Å². The van der Waals surface area contributed by atoms with Crippen molar-refractivity contribution >= 4 is 106 Å². The molecule has 0 saturated carbocycles. The van der Waals surface area contributed by atoms with Gasteiger partial charge in [-0.25, -0.2) is 16.8 Å². The van der Waals surface area contributed by atoms with Crippen molar-refractivity contribution in [2.24, 2.45) is 0 Å². The van der Waals surface area contributed by atoms with Crippen molar-refractivity contribution in [3.8, 4) is 0 Å². The van der Waals surface area contributed by atoms with Gasteiger partial charge in [0.05, 0.1) is 0 Å². The Morgan fingerprint density at radius 1 is 0.500 bits per heavy atom. The second-order valence-corrected chi connectivity index (χ2v) is 17.3. The minimum atomic E-state index is -3.79. The first-order valence-corrected chi connectivity index (χ1v) is 19.3. The van der Waals surface area contributed by atoms with Crippen LogP contribution in [0, 0.1) is 0 Å². The molecule has 0 bridgehead atoms. The Morgan fingerprint density at radius 3 is 1.17 bits per heavy atom. The Hall–Kier alpha value is -2.14. The van der Waals surface area contributed by atoms with Gasteiger partial charge in [-0.2, -0.15) is 0 Å². The number of halogens is 4. The summed E-state index contributed by atoms with van der Waals surface area (Å²) in [6.07, 6.45) is 1.02. The second kappa shape index (κ2) is 12.8. The molecule has 0 N–H and O–H groups in total. The number of thiophene rings is 2. The topological polar surface area (TPSA) is 68.3 Å². The van der Waals surface area contributed by atoms with Crippen LogP contribution < -0.4 is 0 Å². The first kappa shape index (κ1) is 31.3. The van der Waals surface area contributed by atoms with Crippen LogP contribution in [0.15, 0.2) is 107 Å². The SMILES string of the molecule is O=S(=O)(Cl)c1c(Cc2ccc(Cl)cc2)sc2ccccc12.O=S(=O)(Cl)c1c(Cc2ccc(Cl)cc2)sc2ccccc12. The molecule has 4 aromatic carbocycles. The molecule has 0 aliphatic rings. The molecule has 0 aliphatic carbocycles. The van der Waals surface area contributed by atoms with Gasteiger partial charge in [0.1, 0.15) is 9.79 Å². The lowest BCUT2D eigenvalue weighted by atomic mass is 10.1. The van der Waals surface area contributed by atoms with Gasteiger partial charge in [-0.3, -0.25) is 0 Å². The van der Waals surface area contributed by atoms with E-state index in [-0.39, 0.29) is 9.79 Å². The van der Waals surface area contributed by atoms with E-state index in [2.05, 4.69) is 0 Å². The van der Waals surface area contributed by atoms with E-state index in [1.165, 1.54) is 22.7 Å². The highest BCUT2D eigenvalue weighted by molar-refractivity contribution is 8.14. The molecule has 2 heterocycles. The fraction of sp³-hybridized carbons (Fsp3) is 0.0667. The summed E-state index contributed by atoms with van der Waals surface area (Å²) >= 11 is 14.6. The molecule has 0 atom stereocenters. The van der Waals surface area contributed by atoms with Crippen LogP contribution in [0.25, 0.3) is 20.2 Å². The number of fused-ring (bicyclic) bond motifs is 2. The zero-order chi connectivity index (χ0) is 30.1. The van der Waals surface area contributed by atoms with Gasteiger partial charge in [-0.05, 0) is 47.5 Å². The molecule has 0 unspecified atom stereocenters. The quantitative estimate of drug-likeness (QED) is 0.161. The molecule has 12 heteroatoms. The largest absolute Gasteiger partial charge is 0.263 e. The maximum Gasteiger partial charge on any atom is 0.263 e. The third-order valence-electron chi connectivity index (χ3n) is 6.28. The summed E-state index contributed by atoms with van der Waals surface area (Å²) in [5.74, 6) is 0. The number of hydrogen-bond donors (Lipinski definition) is 0. The average molecular weight is 715 g/mol. The normalized spacial score (nSPS) is 11.9. The Kier molecular flexibility index (Phi) is 9.57. The highest BCUT2D eigenvalue weighted by atomic mass is 35.7. The molecule has 216 valence electrons. The molecule has 0 aliphatic heterocycles. The summed E-state index contributed by atoms with van der Waals surface area (Å²) in [7, 11) is 3.69. The summed E-state index contributed by atoms with van der Waals surface area (Å²) in [4.78, 5) is 1.93. The molecule has 6 rings (SSSR count). The van der Waals surface area contributed by atoms with Gasteiger partial charge < -0.3 is 0 Å². The standard InChI is InChI=1S/2C15H10Cl2O2S2/c2*16-11-7-5-10(6-8-11)9-14-15(21(17,18)19)12-3-1-2-4-13(12)20-14/h2*1-8H,9H2. The van der Waals surface area contributed by atoms with Crippen molar-refractivity contribution in [2.75, 3.05) is 0 Å². The Bertz CT molecular complexity index is 1950. The second-order valence-electron chi connectivity index (χ2n) is 9.18. The minimum absolute atomic E-state index is 0.222. The van der Waals surface area contributed by atoms with Crippen molar-refractivity contribution in [3.63, 3.8) is 0 Å². The predicted molar refractivity (Wildman–Crippen MR) is 178 cm³/mol. The van der Waals surface area contributed by atoms with Crippen molar-refractivity contribution in [1.82, 2.24) is 0 Å². The molecule has 4 nitrogen and oxygen atoms in total. The van der Waals surface area contributed by atoms with E-state index < -0.39 is 18.1 Å². The first-order chi connectivity index (χ1) is 19.9. The lowest BCUT2D eigenvalue weighted by molar-refractivity contribution is 0.608. The minimum Gasteiger partial charge on any atom is -0.207 e. The summed E-state index contributed by atoms with van der Waals surface area (Å²) < 4.78 is 49.5. The molecular formula is C30H20Cl4O4S4. The van der Waals surface area contributed by atoms with Crippen molar-refractivity contribution in [1.29, 1.82) is 0 Å².